The smallest absolute Gasteiger partial charge is 0.311 e. The summed E-state index contributed by atoms with van der Waals surface area (Å²) < 4.78 is 37.3. The zero-order valence-electron chi connectivity index (χ0n) is 31.3. The van der Waals surface area contributed by atoms with E-state index >= 15 is 0 Å². The van der Waals surface area contributed by atoms with E-state index in [1.165, 1.54) is 6.92 Å². The molecule has 3 aliphatic rings. The molecule has 13 nitrogen and oxygen atoms in total. The highest BCUT2D eigenvalue weighted by Crippen LogP contribution is 2.42. The fraction of sp³-hybridized carbons (Fsp3) is 0.944. The number of esters is 1. The maximum absolute atomic E-state index is 14.1. The Hall–Kier alpha value is -1.44. The first-order valence-electron chi connectivity index (χ1n) is 18.1. The van der Waals surface area contributed by atoms with E-state index in [0.717, 1.165) is 0 Å². The number of hydrogen-bond acceptors (Lipinski definition) is 13. The van der Waals surface area contributed by atoms with Crippen LogP contribution in [-0.2, 0) is 33.2 Å². The minimum absolute atomic E-state index is 0.131. The van der Waals surface area contributed by atoms with Crippen LogP contribution in [0.5, 0.6) is 0 Å². The van der Waals surface area contributed by atoms with Gasteiger partial charge < -0.3 is 54.2 Å². The van der Waals surface area contributed by atoms with Crippen LogP contribution in [-0.4, -0.2) is 119 Å². The van der Waals surface area contributed by atoms with Crippen molar-refractivity contribution in [3.05, 3.63) is 0 Å². The minimum Gasteiger partial charge on any atom is -0.459 e. The Balaban J connectivity index is 2.11. The van der Waals surface area contributed by atoms with E-state index in [1.807, 2.05) is 27.7 Å². The van der Waals surface area contributed by atoms with Crippen molar-refractivity contribution in [2.24, 2.45) is 23.7 Å². The second-order valence-corrected chi connectivity index (χ2v) is 15.6. The van der Waals surface area contributed by atoms with Gasteiger partial charge in [0.1, 0.15) is 23.9 Å². The lowest BCUT2D eigenvalue weighted by Crippen LogP contribution is -2.59. The van der Waals surface area contributed by atoms with Crippen LogP contribution in [0.1, 0.15) is 101 Å². The Morgan fingerprint density at radius 1 is 1.06 bits per heavy atom. The average molecular weight is 701 g/mol. The van der Waals surface area contributed by atoms with Gasteiger partial charge >= 0.3 is 5.97 Å². The molecule has 13 heteroatoms. The third-order valence-corrected chi connectivity index (χ3v) is 11.3. The molecule has 3 fully saturated rings. The van der Waals surface area contributed by atoms with Gasteiger partial charge in [0, 0.05) is 44.4 Å². The normalized spacial score (nSPS) is 48.1. The quantitative estimate of drug-likeness (QED) is 0.244. The predicted molar refractivity (Wildman–Crippen MR) is 180 cm³/mol. The zero-order chi connectivity index (χ0) is 36.9. The molecule has 0 spiro atoms. The van der Waals surface area contributed by atoms with Crippen LogP contribution in [0, 0.1) is 35.0 Å². The summed E-state index contributed by atoms with van der Waals surface area (Å²) in [5, 5.41) is 58.6. The van der Waals surface area contributed by atoms with Crippen LogP contribution >= 0.6 is 0 Å². The minimum atomic E-state index is -1.79. The molecule has 3 saturated heterocycles. The molecule has 3 aliphatic heterocycles. The third-order valence-electron chi connectivity index (χ3n) is 11.3. The molecular formula is C36H64N2O11. The van der Waals surface area contributed by atoms with E-state index < -0.39 is 89.9 Å². The number of nitriles is 1. The van der Waals surface area contributed by atoms with Gasteiger partial charge in [-0.1, -0.05) is 20.8 Å². The number of nitrogens with one attached hydrogen (secondary N) is 1. The molecule has 5 N–H and O–H groups in total. The summed E-state index contributed by atoms with van der Waals surface area (Å²) in [5.74, 6) is -2.70. The number of carbonyl (C=O) groups excluding carboxylic acids is 1. The van der Waals surface area contributed by atoms with Crippen molar-refractivity contribution in [2.75, 3.05) is 20.3 Å². The van der Waals surface area contributed by atoms with Crippen molar-refractivity contribution in [2.45, 2.75) is 173 Å². The molecule has 0 saturated carbocycles. The second-order valence-electron chi connectivity index (χ2n) is 15.6. The Bertz CT molecular complexity index is 1100. The monoisotopic (exact) mass is 700 g/mol. The number of aliphatic hydroxyl groups is 4. The summed E-state index contributed by atoms with van der Waals surface area (Å²) in [6.07, 6.45) is -5.38. The van der Waals surface area contributed by atoms with Crippen LogP contribution in [0.4, 0.5) is 0 Å². The number of hydrogen-bond donors (Lipinski definition) is 5. The molecule has 0 bridgehead atoms. The van der Waals surface area contributed by atoms with Gasteiger partial charge in [-0.25, -0.2) is 0 Å². The lowest BCUT2D eigenvalue weighted by molar-refractivity contribution is -0.304. The Kier molecular flexibility index (Phi) is 14.9. The standard InChI is InChI=1S/C36H64N2O11/c1-11-27-36(9,43)30(40)23(5)38-19-20(2)17-34(7,42)31(49-33-26(39)13-12-16-45-33)21(3)29(22(4)32(41)47-27)48-28-18-35(8,44-10)25(14-15-37)24(6)46-28/h20-31,33,38-40,42-43H,11-14,16-19H2,1-10H3/t20-,21+,22-,23-,24+,25?,26-,27-,28+,29+,30-,31-,33+,34-,35-,36-/m1/s1. The van der Waals surface area contributed by atoms with Crippen LogP contribution in [0.2, 0.25) is 0 Å². The molecule has 49 heavy (non-hydrogen) atoms. The number of nitrogens with zero attached hydrogens (tertiary/aromatic N) is 1. The van der Waals surface area contributed by atoms with Crippen LogP contribution in [0.3, 0.4) is 0 Å². The van der Waals surface area contributed by atoms with E-state index in [9.17, 15) is 30.5 Å². The summed E-state index contributed by atoms with van der Waals surface area (Å²) in [6.45, 7) is 16.7. The van der Waals surface area contributed by atoms with Crippen molar-refractivity contribution in [3.63, 3.8) is 0 Å². The predicted octanol–water partition coefficient (Wildman–Crippen LogP) is 2.80. The molecule has 0 aromatic heterocycles. The average Bonchev–Trinajstić information content (AvgIpc) is 3.04. The number of ether oxygens (including phenoxy) is 6. The van der Waals surface area contributed by atoms with Gasteiger partial charge in [-0.3, -0.25) is 4.79 Å². The van der Waals surface area contributed by atoms with Gasteiger partial charge in [0.25, 0.3) is 0 Å². The molecule has 0 aromatic carbocycles. The highest BCUT2D eigenvalue weighted by Gasteiger charge is 2.51. The van der Waals surface area contributed by atoms with Crippen molar-refractivity contribution < 1.29 is 53.6 Å². The molecule has 3 heterocycles. The molecule has 0 aliphatic carbocycles. The Morgan fingerprint density at radius 2 is 1.73 bits per heavy atom. The zero-order valence-corrected chi connectivity index (χ0v) is 31.3. The summed E-state index contributed by atoms with van der Waals surface area (Å²) in [5.41, 5.74) is -4.07. The first kappa shape index (κ1) is 42.0. The number of aliphatic hydroxyl groups excluding tert-OH is 2. The molecule has 284 valence electrons. The highest BCUT2D eigenvalue weighted by atomic mass is 16.7. The lowest BCUT2D eigenvalue weighted by Gasteiger charge is -2.48. The highest BCUT2D eigenvalue weighted by molar-refractivity contribution is 5.73. The first-order valence-corrected chi connectivity index (χ1v) is 18.1. The van der Waals surface area contributed by atoms with Crippen molar-refractivity contribution in [1.29, 1.82) is 5.26 Å². The van der Waals surface area contributed by atoms with E-state index in [2.05, 4.69) is 11.4 Å². The summed E-state index contributed by atoms with van der Waals surface area (Å²) in [7, 11) is 1.59. The van der Waals surface area contributed by atoms with Crippen molar-refractivity contribution in [1.82, 2.24) is 5.32 Å². The fourth-order valence-corrected chi connectivity index (χ4v) is 8.14. The number of carbonyl (C=O) groups is 1. The SMILES string of the molecule is CC[C@H]1OC(=O)[C@H](C)[C@@H](O[C@H]2C[C@@](C)(OC)C(CC#N)[C@H](C)O2)[C@H](C)[C@@H](O[C@@H]2OCCC[C@H]2O)[C@](C)(O)C[C@@H](C)CN[C@H](C)[C@@H](O)[C@]1(C)O. The van der Waals surface area contributed by atoms with Gasteiger partial charge in [-0.2, -0.15) is 5.26 Å². The van der Waals surface area contributed by atoms with Gasteiger partial charge in [0.05, 0.1) is 41.5 Å². The summed E-state index contributed by atoms with van der Waals surface area (Å²) in [4.78, 5) is 14.1. The molecule has 1 unspecified atom stereocenters. The van der Waals surface area contributed by atoms with Gasteiger partial charge in [-0.15, -0.1) is 0 Å². The van der Waals surface area contributed by atoms with Gasteiger partial charge in [0.2, 0.25) is 0 Å². The second kappa shape index (κ2) is 17.4. The first-order chi connectivity index (χ1) is 22.8. The molecular weight excluding hydrogens is 636 g/mol. The topological polar surface area (TPSA) is 189 Å². The van der Waals surface area contributed by atoms with E-state index in [0.29, 0.717) is 26.0 Å². The van der Waals surface area contributed by atoms with E-state index in [-0.39, 0.29) is 37.5 Å². The fourth-order valence-electron chi connectivity index (χ4n) is 8.14. The molecule has 16 atom stereocenters. The molecule has 0 aromatic rings. The van der Waals surface area contributed by atoms with Crippen molar-refractivity contribution in [3.8, 4) is 6.07 Å². The Morgan fingerprint density at radius 3 is 2.33 bits per heavy atom. The maximum Gasteiger partial charge on any atom is 0.311 e. The van der Waals surface area contributed by atoms with Crippen molar-refractivity contribution >= 4 is 5.97 Å². The summed E-state index contributed by atoms with van der Waals surface area (Å²) >= 11 is 0. The van der Waals surface area contributed by atoms with Crippen LogP contribution in [0.25, 0.3) is 0 Å². The maximum atomic E-state index is 14.1. The Labute approximate surface area is 292 Å². The van der Waals surface area contributed by atoms with Gasteiger partial charge in [0.15, 0.2) is 12.6 Å². The third kappa shape index (κ3) is 9.92. The molecule has 3 rings (SSSR count). The molecule has 0 radical (unpaired) electrons. The number of cyclic esters (lactones) is 1. The lowest BCUT2D eigenvalue weighted by atomic mass is 9.77. The molecule has 0 amide bonds. The van der Waals surface area contributed by atoms with E-state index in [1.54, 1.807) is 34.8 Å². The number of methoxy groups -OCH3 is 1. The number of rotatable bonds is 7. The van der Waals surface area contributed by atoms with E-state index in [4.69, 9.17) is 28.4 Å². The van der Waals surface area contributed by atoms with Gasteiger partial charge in [-0.05, 0) is 79.7 Å². The largest absolute Gasteiger partial charge is 0.459 e. The summed E-state index contributed by atoms with van der Waals surface area (Å²) in [6, 6.07) is 1.65. The van der Waals surface area contributed by atoms with Crippen LogP contribution < -0.4 is 5.32 Å². The van der Waals surface area contributed by atoms with Crippen LogP contribution in [0.15, 0.2) is 0 Å².